The Hall–Kier alpha value is -1.05. The lowest BCUT2D eigenvalue weighted by Crippen LogP contribution is -1.91. The van der Waals surface area contributed by atoms with E-state index in [1.165, 1.54) is 18.8 Å². The number of hydrogen-bond donors (Lipinski definition) is 0. The van der Waals surface area contributed by atoms with E-state index in [-0.39, 0.29) is 5.97 Å². The molecule has 0 heterocycles. The number of carbonyl (C=O) groups excluding carboxylic acids is 1. The minimum absolute atomic E-state index is 0.262. The Morgan fingerprint density at radius 3 is 2.31 bits per heavy atom. The standard InChI is InChI=1S/C11H18O2/c1-9(2)6-5-7-10(3)8-13-11(4)12/h6,8H,5,7H2,1-4H3/b10-8+. The summed E-state index contributed by atoms with van der Waals surface area (Å²) in [6, 6.07) is 0. The maximum absolute atomic E-state index is 10.5. The summed E-state index contributed by atoms with van der Waals surface area (Å²) in [6.07, 6.45) is 5.65. The highest BCUT2D eigenvalue weighted by Crippen LogP contribution is 2.06. The Morgan fingerprint density at radius 1 is 1.23 bits per heavy atom. The second-order valence-corrected chi connectivity index (χ2v) is 3.39. The molecule has 0 radical (unpaired) electrons. The first-order chi connectivity index (χ1) is 6.02. The highest BCUT2D eigenvalue weighted by atomic mass is 16.5. The van der Waals surface area contributed by atoms with Crippen molar-refractivity contribution in [1.29, 1.82) is 0 Å². The third kappa shape index (κ3) is 8.86. The quantitative estimate of drug-likeness (QED) is 0.379. The largest absolute Gasteiger partial charge is 0.435 e. The molecule has 0 aromatic carbocycles. The van der Waals surface area contributed by atoms with Gasteiger partial charge in [-0.15, -0.1) is 0 Å². The van der Waals surface area contributed by atoms with Gasteiger partial charge in [-0.2, -0.15) is 0 Å². The van der Waals surface area contributed by atoms with Crippen LogP contribution in [0, 0.1) is 0 Å². The molecular formula is C11H18O2. The van der Waals surface area contributed by atoms with Crippen molar-refractivity contribution in [2.45, 2.75) is 40.5 Å². The van der Waals surface area contributed by atoms with Gasteiger partial charge in [0.2, 0.25) is 0 Å². The van der Waals surface area contributed by atoms with E-state index in [1.54, 1.807) is 0 Å². The predicted molar refractivity (Wildman–Crippen MR) is 54.2 cm³/mol. The van der Waals surface area contributed by atoms with E-state index in [2.05, 4.69) is 19.9 Å². The van der Waals surface area contributed by atoms with Crippen LogP contribution in [0.3, 0.4) is 0 Å². The van der Waals surface area contributed by atoms with Crippen LogP contribution in [0.1, 0.15) is 40.5 Å². The van der Waals surface area contributed by atoms with E-state index in [1.807, 2.05) is 6.92 Å². The summed E-state index contributed by atoms with van der Waals surface area (Å²) in [5.41, 5.74) is 2.41. The molecule has 0 aromatic rings. The van der Waals surface area contributed by atoms with Gasteiger partial charge in [-0.3, -0.25) is 4.79 Å². The molecule has 0 aliphatic heterocycles. The summed E-state index contributed by atoms with van der Waals surface area (Å²) in [5.74, 6) is -0.262. The van der Waals surface area contributed by atoms with Crippen LogP contribution in [0.5, 0.6) is 0 Å². The number of ether oxygens (including phenoxy) is 1. The lowest BCUT2D eigenvalue weighted by molar-refractivity contribution is -0.135. The van der Waals surface area contributed by atoms with E-state index in [0.29, 0.717) is 0 Å². The maximum atomic E-state index is 10.5. The molecule has 0 unspecified atom stereocenters. The van der Waals surface area contributed by atoms with Gasteiger partial charge in [0.1, 0.15) is 0 Å². The first-order valence-electron chi connectivity index (χ1n) is 4.48. The molecule has 0 rings (SSSR count). The van der Waals surface area contributed by atoms with E-state index in [0.717, 1.165) is 18.4 Å². The van der Waals surface area contributed by atoms with Crippen molar-refractivity contribution < 1.29 is 9.53 Å². The van der Waals surface area contributed by atoms with Gasteiger partial charge in [-0.25, -0.2) is 0 Å². The van der Waals surface area contributed by atoms with Gasteiger partial charge in [-0.1, -0.05) is 11.6 Å². The monoisotopic (exact) mass is 182 g/mol. The Kier molecular flexibility index (Phi) is 5.94. The molecule has 0 aliphatic carbocycles. The fourth-order valence-electron chi connectivity index (χ4n) is 0.831. The summed E-state index contributed by atoms with van der Waals surface area (Å²) in [6.45, 7) is 7.51. The molecule has 0 saturated carbocycles. The van der Waals surface area contributed by atoms with Crippen LogP contribution < -0.4 is 0 Å². The van der Waals surface area contributed by atoms with Crippen molar-refractivity contribution in [3.8, 4) is 0 Å². The van der Waals surface area contributed by atoms with Gasteiger partial charge < -0.3 is 4.74 Å². The van der Waals surface area contributed by atoms with Crippen molar-refractivity contribution in [1.82, 2.24) is 0 Å². The average molecular weight is 182 g/mol. The molecule has 0 bridgehead atoms. The number of rotatable bonds is 4. The third-order valence-electron chi connectivity index (χ3n) is 1.52. The number of hydrogen-bond acceptors (Lipinski definition) is 2. The SMILES string of the molecule is CC(=O)O/C=C(\C)CCC=C(C)C. The molecular weight excluding hydrogens is 164 g/mol. The summed E-state index contributed by atoms with van der Waals surface area (Å²) < 4.78 is 4.74. The van der Waals surface area contributed by atoms with Crippen LogP contribution in [0.2, 0.25) is 0 Å². The highest BCUT2D eigenvalue weighted by molar-refractivity contribution is 5.66. The molecule has 2 nitrogen and oxygen atoms in total. The number of allylic oxidation sites excluding steroid dienone is 3. The Labute approximate surface area is 80.3 Å². The highest BCUT2D eigenvalue weighted by Gasteiger charge is 1.91. The first kappa shape index (κ1) is 11.9. The zero-order chi connectivity index (χ0) is 10.3. The number of carbonyl (C=O) groups is 1. The van der Waals surface area contributed by atoms with Crippen LogP contribution in [0.15, 0.2) is 23.5 Å². The normalized spacial score (nSPS) is 10.9. The smallest absolute Gasteiger partial charge is 0.307 e. The summed E-state index contributed by atoms with van der Waals surface area (Å²) in [7, 11) is 0. The molecule has 0 atom stereocenters. The van der Waals surface area contributed by atoms with Crippen molar-refractivity contribution in [2.24, 2.45) is 0 Å². The van der Waals surface area contributed by atoms with Crippen LogP contribution in [0.25, 0.3) is 0 Å². The zero-order valence-corrected chi connectivity index (χ0v) is 8.89. The lowest BCUT2D eigenvalue weighted by atomic mass is 10.1. The molecule has 0 fully saturated rings. The predicted octanol–water partition coefficient (Wildman–Crippen LogP) is 3.20. The van der Waals surface area contributed by atoms with Gasteiger partial charge in [0.15, 0.2) is 0 Å². The molecule has 13 heavy (non-hydrogen) atoms. The lowest BCUT2D eigenvalue weighted by Gasteiger charge is -1.98. The second-order valence-electron chi connectivity index (χ2n) is 3.39. The van der Waals surface area contributed by atoms with E-state index >= 15 is 0 Å². The Bertz CT molecular complexity index is 220. The number of esters is 1. The minimum Gasteiger partial charge on any atom is -0.435 e. The molecule has 0 aliphatic rings. The molecule has 2 heteroatoms. The first-order valence-corrected chi connectivity index (χ1v) is 4.48. The van der Waals surface area contributed by atoms with Crippen LogP contribution >= 0.6 is 0 Å². The summed E-state index contributed by atoms with van der Waals surface area (Å²) in [5, 5.41) is 0. The van der Waals surface area contributed by atoms with Crippen LogP contribution in [0.4, 0.5) is 0 Å². The van der Waals surface area contributed by atoms with Crippen molar-refractivity contribution in [3.05, 3.63) is 23.5 Å². The van der Waals surface area contributed by atoms with Crippen molar-refractivity contribution in [2.75, 3.05) is 0 Å². The molecule has 0 aromatic heterocycles. The van der Waals surface area contributed by atoms with Gasteiger partial charge in [-0.05, 0) is 39.2 Å². The second kappa shape index (κ2) is 6.46. The van der Waals surface area contributed by atoms with Crippen LogP contribution in [-0.2, 0) is 9.53 Å². The minimum atomic E-state index is -0.262. The van der Waals surface area contributed by atoms with Gasteiger partial charge in [0.25, 0.3) is 0 Å². The zero-order valence-electron chi connectivity index (χ0n) is 8.89. The van der Waals surface area contributed by atoms with E-state index < -0.39 is 0 Å². The fraction of sp³-hybridized carbons (Fsp3) is 0.545. The summed E-state index contributed by atoms with van der Waals surface area (Å²) in [4.78, 5) is 10.5. The van der Waals surface area contributed by atoms with Gasteiger partial charge in [0, 0.05) is 6.92 Å². The average Bonchev–Trinajstić information content (AvgIpc) is 2.00. The van der Waals surface area contributed by atoms with E-state index in [4.69, 9.17) is 4.74 Å². The van der Waals surface area contributed by atoms with Gasteiger partial charge >= 0.3 is 5.97 Å². The topological polar surface area (TPSA) is 26.3 Å². The van der Waals surface area contributed by atoms with Gasteiger partial charge in [0.05, 0.1) is 6.26 Å². The van der Waals surface area contributed by atoms with Crippen LogP contribution in [-0.4, -0.2) is 5.97 Å². The molecule has 0 amide bonds. The molecule has 0 spiro atoms. The van der Waals surface area contributed by atoms with Crippen molar-refractivity contribution >= 4 is 5.97 Å². The molecule has 0 N–H and O–H groups in total. The third-order valence-corrected chi connectivity index (χ3v) is 1.52. The molecule has 0 saturated heterocycles. The molecule has 74 valence electrons. The Balaban J connectivity index is 3.73. The maximum Gasteiger partial charge on any atom is 0.307 e. The summed E-state index contributed by atoms with van der Waals surface area (Å²) >= 11 is 0. The van der Waals surface area contributed by atoms with Crippen molar-refractivity contribution in [3.63, 3.8) is 0 Å². The fourth-order valence-corrected chi connectivity index (χ4v) is 0.831. The van der Waals surface area contributed by atoms with E-state index in [9.17, 15) is 4.79 Å². The Morgan fingerprint density at radius 2 is 1.85 bits per heavy atom.